The molecule has 1 N–H and O–H groups in total. The van der Waals surface area contributed by atoms with Gasteiger partial charge in [0.1, 0.15) is 5.75 Å². The topological polar surface area (TPSA) is 41.6 Å². The fourth-order valence-corrected chi connectivity index (χ4v) is 2.76. The van der Waals surface area contributed by atoms with Gasteiger partial charge in [-0.2, -0.15) is 0 Å². The van der Waals surface area contributed by atoms with Crippen molar-refractivity contribution in [1.82, 2.24) is 10.2 Å². The van der Waals surface area contributed by atoms with Crippen LogP contribution in [0.3, 0.4) is 0 Å². The van der Waals surface area contributed by atoms with E-state index >= 15 is 0 Å². The number of carbonyl (C=O) groups excluding carboxylic acids is 1. The first kappa shape index (κ1) is 19.3. The van der Waals surface area contributed by atoms with Gasteiger partial charge < -0.3 is 15.0 Å². The summed E-state index contributed by atoms with van der Waals surface area (Å²) in [4.78, 5) is 14.1. The number of methoxy groups -OCH3 is 1. The van der Waals surface area contributed by atoms with E-state index in [1.807, 2.05) is 55.6 Å². The summed E-state index contributed by atoms with van der Waals surface area (Å²) >= 11 is 5.94. The first-order chi connectivity index (χ1) is 12.0. The minimum Gasteiger partial charge on any atom is -0.497 e. The second kappa shape index (κ2) is 9.44. The smallest absolute Gasteiger partial charge is 0.236 e. The minimum atomic E-state index is 0.0585. The van der Waals surface area contributed by atoms with Gasteiger partial charge in [0.05, 0.1) is 13.7 Å². The van der Waals surface area contributed by atoms with Gasteiger partial charge in [-0.3, -0.25) is 4.79 Å². The van der Waals surface area contributed by atoms with Crippen LogP contribution in [0, 0.1) is 0 Å². The number of likely N-dealkylation sites (N-methyl/N-ethyl adjacent to an activating group) is 1. The van der Waals surface area contributed by atoms with Gasteiger partial charge in [0.15, 0.2) is 0 Å². The molecule has 2 rings (SSSR count). The molecule has 2 aromatic carbocycles. The Bertz CT molecular complexity index is 671. The maximum absolute atomic E-state index is 12.4. The largest absolute Gasteiger partial charge is 0.497 e. The number of benzene rings is 2. The number of amides is 1. The van der Waals surface area contributed by atoms with E-state index in [-0.39, 0.29) is 11.9 Å². The van der Waals surface area contributed by atoms with Crippen LogP contribution in [0.15, 0.2) is 48.5 Å². The summed E-state index contributed by atoms with van der Waals surface area (Å²) in [6.45, 7) is 2.97. The molecule has 0 aliphatic carbocycles. The van der Waals surface area contributed by atoms with Crippen LogP contribution in [0.1, 0.15) is 30.5 Å². The molecule has 1 atom stereocenters. The fourth-order valence-electron chi connectivity index (χ4n) is 2.63. The van der Waals surface area contributed by atoms with Crippen LogP contribution >= 0.6 is 11.6 Å². The van der Waals surface area contributed by atoms with Gasteiger partial charge in [-0.25, -0.2) is 0 Å². The van der Waals surface area contributed by atoms with E-state index in [1.54, 1.807) is 12.0 Å². The van der Waals surface area contributed by atoms with Crippen LogP contribution in [0.5, 0.6) is 5.75 Å². The van der Waals surface area contributed by atoms with E-state index in [0.717, 1.165) is 23.3 Å². The summed E-state index contributed by atoms with van der Waals surface area (Å²) in [5.41, 5.74) is 2.21. The molecule has 0 heterocycles. The van der Waals surface area contributed by atoms with Gasteiger partial charge in [-0.1, -0.05) is 42.8 Å². The molecule has 0 bridgehead atoms. The minimum absolute atomic E-state index is 0.0585. The number of hydrogen-bond donors (Lipinski definition) is 1. The van der Waals surface area contributed by atoms with Crippen molar-refractivity contribution >= 4 is 17.5 Å². The summed E-state index contributed by atoms with van der Waals surface area (Å²) in [5.74, 6) is 0.872. The number of nitrogens with one attached hydrogen (secondary N) is 1. The second-order valence-corrected chi connectivity index (χ2v) is 6.43. The Kier molecular flexibility index (Phi) is 7.29. The van der Waals surface area contributed by atoms with E-state index in [1.165, 1.54) is 0 Å². The predicted molar refractivity (Wildman–Crippen MR) is 102 cm³/mol. The van der Waals surface area contributed by atoms with E-state index in [2.05, 4.69) is 12.2 Å². The molecule has 0 spiro atoms. The highest BCUT2D eigenvalue weighted by Crippen LogP contribution is 2.19. The molecule has 25 heavy (non-hydrogen) atoms. The van der Waals surface area contributed by atoms with Crippen LogP contribution < -0.4 is 10.1 Å². The molecule has 0 saturated heterocycles. The lowest BCUT2D eigenvalue weighted by atomic mass is 10.0. The van der Waals surface area contributed by atoms with Crippen molar-refractivity contribution in [1.29, 1.82) is 0 Å². The highest BCUT2D eigenvalue weighted by molar-refractivity contribution is 6.30. The molecule has 1 unspecified atom stereocenters. The van der Waals surface area contributed by atoms with Crippen LogP contribution in [0.2, 0.25) is 5.02 Å². The Morgan fingerprint density at radius 3 is 2.36 bits per heavy atom. The van der Waals surface area contributed by atoms with Crippen molar-refractivity contribution in [2.24, 2.45) is 0 Å². The summed E-state index contributed by atoms with van der Waals surface area (Å²) in [6.07, 6.45) is 0.900. The summed E-state index contributed by atoms with van der Waals surface area (Å²) in [7, 11) is 3.46. The molecule has 0 saturated carbocycles. The van der Waals surface area contributed by atoms with Crippen molar-refractivity contribution in [3.8, 4) is 5.75 Å². The zero-order chi connectivity index (χ0) is 18.2. The molecular formula is C20H25ClN2O2. The van der Waals surface area contributed by atoms with Gasteiger partial charge in [-0.05, 0) is 41.8 Å². The van der Waals surface area contributed by atoms with Gasteiger partial charge >= 0.3 is 0 Å². The predicted octanol–water partition coefficient (Wildman–Crippen LogP) is 4.05. The zero-order valence-corrected chi connectivity index (χ0v) is 15.7. The number of ether oxygens (including phenoxy) is 1. The molecule has 0 aliphatic rings. The summed E-state index contributed by atoms with van der Waals surface area (Å²) in [5, 5.41) is 4.05. The Hall–Kier alpha value is -2.04. The van der Waals surface area contributed by atoms with E-state index < -0.39 is 0 Å². The van der Waals surface area contributed by atoms with E-state index in [9.17, 15) is 4.79 Å². The van der Waals surface area contributed by atoms with Crippen LogP contribution in [0.4, 0.5) is 0 Å². The Morgan fingerprint density at radius 1 is 1.16 bits per heavy atom. The number of nitrogens with zero attached hydrogens (tertiary/aromatic N) is 1. The van der Waals surface area contributed by atoms with E-state index in [0.29, 0.717) is 18.1 Å². The molecule has 1 amide bonds. The van der Waals surface area contributed by atoms with Crippen molar-refractivity contribution in [2.45, 2.75) is 25.9 Å². The summed E-state index contributed by atoms with van der Waals surface area (Å²) < 4.78 is 5.15. The highest BCUT2D eigenvalue weighted by Gasteiger charge is 2.14. The quantitative estimate of drug-likeness (QED) is 0.772. The average molecular weight is 361 g/mol. The molecular weight excluding hydrogens is 336 g/mol. The second-order valence-electron chi connectivity index (χ2n) is 5.99. The van der Waals surface area contributed by atoms with Gasteiger partial charge in [0.2, 0.25) is 5.91 Å². The third kappa shape index (κ3) is 5.76. The number of carbonyl (C=O) groups is 1. The molecule has 0 fully saturated rings. The normalized spacial score (nSPS) is 11.8. The number of hydrogen-bond acceptors (Lipinski definition) is 3. The SMILES string of the molecule is CCC(NCC(=O)N(C)Cc1ccc(OC)cc1)c1ccc(Cl)cc1. The van der Waals surface area contributed by atoms with Gasteiger partial charge in [0.25, 0.3) is 0 Å². The lowest BCUT2D eigenvalue weighted by molar-refractivity contribution is -0.129. The zero-order valence-electron chi connectivity index (χ0n) is 15.0. The van der Waals surface area contributed by atoms with Crippen molar-refractivity contribution in [3.05, 3.63) is 64.7 Å². The van der Waals surface area contributed by atoms with Crippen LogP contribution in [0.25, 0.3) is 0 Å². The molecule has 0 aliphatic heterocycles. The summed E-state index contributed by atoms with van der Waals surface area (Å²) in [6, 6.07) is 15.6. The molecule has 134 valence electrons. The fraction of sp³-hybridized carbons (Fsp3) is 0.350. The Balaban J connectivity index is 1.87. The molecule has 5 heteroatoms. The standard InChI is InChI=1S/C20H25ClN2O2/c1-4-19(16-7-9-17(21)10-8-16)22-13-20(24)23(2)14-15-5-11-18(25-3)12-6-15/h5-12,19,22H,4,13-14H2,1-3H3. The first-order valence-electron chi connectivity index (χ1n) is 8.39. The van der Waals surface area contributed by atoms with Gasteiger partial charge in [0, 0.05) is 24.7 Å². The van der Waals surface area contributed by atoms with Crippen molar-refractivity contribution in [2.75, 3.05) is 20.7 Å². The molecule has 0 radical (unpaired) electrons. The van der Waals surface area contributed by atoms with Crippen LogP contribution in [-0.2, 0) is 11.3 Å². The number of halogens is 1. The molecule has 0 aromatic heterocycles. The third-order valence-electron chi connectivity index (χ3n) is 4.18. The number of rotatable bonds is 8. The van der Waals surface area contributed by atoms with Crippen molar-refractivity contribution < 1.29 is 9.53 Å². The molecule has 4 nitrogen and oxygen atoms in total. The van der Waals surface area contributed by atoms with Crippen molar-refractivity contribution in [3.63, 3.8) is 0 Å². The maximum atomic E-state index is 12.4. The Labute approximate surface area is 154 Å². The third-order valence-corrected chi connectivity index (χ3v) is 4.44. The molecule has 2 aromatic rings. The average Bonchev–Trinajstić information content (AvgIpc) is 2.64. The van der Waals surface area contributed by atoms with E-state index in [4.69, 9.17) is 16.3 Å². The monoisotopic (exact) mass is 360 g/mol. The Morgan fingerprint density at radius 2 is 1.80 bits per heavy atom. The highest BCUT2D eigenvalue weighted by atomic mass is 35.5. The van der Waals surface area contributed by atoms with Gasteiger partial charge in [-0.15, -0.1) is 0 Å². The maximum Gasteiger partial charge on any atom is 0.236 e. The lowest BCUT2D eigenvalue weighted by Gasteiger charge is -2.21. The van der Waals surface area contributed by atoms with Crippen LogP contribution in [-0.4, -0.2) is 31.5 Å². The first-order valence-corrected chi connectivity index (χ1v) is 8.77. The lowest BCUT2D eigenvalue weighted by Crippen LogP contribution is -2.36.